The van der Waals surface area contributed by atoms with Crippen molar-refractivity contribution in [2.75, 3.05) is 11.9 Å². The summed E-state index contributed by atoms with van der Waals surface area (Å²) in [7, 11) is 0. The van der Waals surface area contributed by atoms with Gasteiger partial charge in [-0.3, -0.25) is 0 Å². The first kappa shape index (κ1) is 12.6. The van der Waals surface area contributed by atoms with Gasteiger partial charge in [-0.25, -0.2) is 4.39 Å². The van der Waals surface area contributed by atoms with Crippen molar-refractivity contribution in [2.24, 2.45) is 10.9 Å². The monoisotopic (exact) mass is 245 g/mol. The maximum absolute atomic E-state index is 13.4. The van der Waals surface area contributed by atoms with Gasteiger partial charge in [-0.2, -0.15) is 0 Å². The number of rotatable bonds is 5. The third-order valence-corrected chi connectivity index (χ3v) is 2.30. The molecule has 1 aromatic carbocycles. The van der Waals surface area contributed by atoms with Crippen molar-refractivity contribution in [2.45, 2.75) is 12.8 Å². The Hall–Kier alpha value is -1.49. The summed E-state index contributed by atoms with van der Waals surface area (Å²) in [5, 5.41) is 14.1. The second-order valence-electron chi connectivity index (χ2n) is 3.22. The molecule has 88 valence electrons. The topological polar surface area (TPSA) is 70.6 Å². The van der Waals surface area contributed by atoms with Gasteiger partial charge < -0.3 is 16.3 Å². The molecule has 6 heteroatoms. The maximum atomic E-state index is 13.4. The van der Waals surface area contributed by atoms with Crippen LogP contribution in [0.1, 0.15) is 12.8 Å². The van der Waals surface area contributed by atoms with E-state index >= 15 is 0 Å². The molecule has 16 heavy (non-hydrogen) atoms. The zero-order valence-electron chi connectivity index (χ0n) is 8.58. The molecular formula is C10H13ClFN3O. The molecule has 0 radical (unpaired) electrons. The number of anilines is 1. The van der Waals surface area contributed by atoms with Gasteiger partial charge in [-0.05, 0) is 18.6 Å². The molecule has 4 N–H and O–H groups in total. The van der Waals surface area contributed by atoms with Gasteiger partial charge in [0.15, 0.2) is 5.82 Å². The summed E-state index contributed by atoms with van der Waals surface area (Å²) < 4.78 is 13.4. The lowest BCUT2D eigenvalue weighted by Crippen LogP contribution is -2.13. The molecule has 4 nitrogen and oxygen atoms in total. The van der Waals surface area contributed by atoms with Gasteiger partial charge in [0, 0.05) is 13.0 Å². The molecule has 0 unspecified atom stereocenters. The van der Waals surface area contributed by atoms with Gasteiger partial charge in [0.05, 0.1) is 10.7 Å². The van der Waals surface area contributed by atoms with Gasteiger partial charge in [0.2, 0.25) is 0 Å². The quantitative estimate of drug-likeness (QED) is 0.245. The van der Waals surface area contributed by atoms with Crippen molar-refractivity contribution in [1.82, 2.24) is 0 Å². The Bertz CT molecular complexity index is 384. The molecule has 0 amide bonds. The normalized spacial score (nSPS) is 11.5. The highest BCUT2D eigenvalue weighted by Gasteiger charge is 2.04. The number of amidine groups is 1. The molecule has 0 heterocycles. The van der Waals surface area contributed by atoms with E-state index in [1.807, 2.05) is 0 Å². The molecule has 0 aliphatic carbocycles. The van der Waals surface area contributed by atoms with Crippen LogP contribution in [0, 0.1) is 5.82 Å². The lowest BCUT2D eigenvalue weighted by Gasteiger charge is -2.07. The zero-order valence-corrected chi connectivity index (χ0v) is 9.34. The van der Waals surface area contributed by atoms with Gasteiger partial charge in [0.1, 0.15) is 5.84 Å². The number of halogens is 2. The van der Waals surface area contributed by atoms with E-state index in [1.165, 1.54) is 6.07 Å². The Labute approximate surface area is 97.9 Å². The Balaban J connectivity index is 2.41. The second kappa shape index (κ2) is 6.17. The predicted molar refractivity (Wildman–Crippen MR) is 62.5 cm³/mol. The Morgan fingerprint density at radius 3 is 3.00 bits per heavy atom. The molecule has 0 spiro atoms. The fraction of sp³-hybridized carbons (Fsp3) is 0.300. The van der Waals surface area contributed by atoms with E-state index in [9.17, 15) is 4.39 Å². The average Bonchev–Trinajstić information content (AvgIpc) is 2.29. The van der Waals surface area contributed by atoms with E-state index in [2.05, 4.69) is 10.5 Å². The summed E-state index contributed by atoms with van der Waals surface area (Å²) in [6.07, 6.45) is 1.09. The Kier molecular flexibility index (Phi) is 4.85. The van der Waals surface area contributed by atoms with Crippen LogP contribution in [0.15, 0.2) is 23.4 Å². The lowest BCUT2D eigenvalue weighted by atomic mass is 10.2. The number of hydrogen-bond acceptors (Lipinski definition) is 3. The standard InChI is InChI=1S/C10H13ClFN3O/c11-7-3-1-4-8(10(7)12)14-6-2-5-9(13)15-16/h1,3-4,14,16H,2,5-6H2,(H2,13,15). The molecule has 1 aromatic rings. The molecule has 0 saturated heterocycles. The minimum atomic E-state index is -0.465. The molecule has 0 aliphatic rings. The average molecular weight is 246 g/mol. The third-order valence-electron chi connectivity index (χ3n) is 2.01. The van der Waals surface area contributed by atoms with Crippen LogP contribution in [0.5, 0.6) is 0 Å². The molecule has 0 saturated carbocycles. The van der Waals surface area contributed by atoms with Gasteiger partial charge in [-0.15, -0.1) is 0 Å². The van der Waals surface area contributed by atoms with Gasteiger partial charge in [-0.1, -0.05) is 22.8 Å². The van der Waals surface area contributed by atoms with E-state index in [-0.39, 0.29) is 10.9 Å². The summed E-state index contributed by atoms with van der Waals surface area (Å²) in [6, 6.07) is 4.75. The van der Waals surface area contributed by atoms with Crippen LogP contribution >= 0.6 is 11.6 Å². The van der Waals surface area contributed by atoms with Crippen LogP contribution in [0.2, 0.25) is 5.02 Å². The van der Waals surface area contributed by atoms with E-state index < -0.39 is 5.82 Å². The first-order valence-electron chi connectivity index (χ1n) is 4.79. The largest absolute Gasteiger partial charge is 0.409 e. The van der Waals surface area contributed by atoms with Crippen molar-refractivity contribution in [3.63, 3.8) is 0 Å². The van der Waals surface area contributed by atoms with E-state index in [4.69, 9.17) is 22.5 Å². The predicted octanol–water partition coefficient (Wildman–Crippen LogP) is 2.42. The fourth-order valence-electron chi connectivity index (χ4n) is 1.18. The first-order valence-corrected chi connectivity index (χ1v) is 5.17. The molecule has 0 aliphatic heterocycles. The highest BCUT2D eigenvalue weighted by molar-refractivity contribution is 6.31. The Morgan fingerprint density at radius 2 is 2.31 bits per heavy atom. The van der Waals surface area contributed by atoms with Gasteiger partial charge in [0.25, 0.3) is 0 Å². The maximum Gasteiger partial charge on any atom is 0.164 e. The van der Waals surface area contributed by atoms with Crippen LogP contribution in [-0.2, 0) is 0 Å². The van der Waals surface area contributed by atoms with Gasteiger partial charge >= 0.3 is 0 Å². The molecule has 0 fully saturated rings. The molecule has 0 aromatic heterocycles. The summed E-state index contributed by atoms with van der Waals surface area (Å²) in [5.41, 5.74) is 5.64. The molecular weight excluding hydrogens is 233 g/mol. The van der Waals surface area contributed by atoms with Crippen LogP contribution in [0.3, 0.4) is 0 Å². The number of oxime groups is 1. The second-order valence-corrected chi connectivity index (χ2v) is 3.63. The minimum absolute atomic E-state index is 0.0847. The number of nitrogens with two attached hydrogens (primary N) is 1. The van der Waals surface area contributed by atoms with E-state index in [0.29, 0.717) is 25.1 Å². The molecule has 0 bridgehead atoms. The third kappa shape index (κ3) is 3.58. The van der Waals surface area contributed by atoms with E-state index in [0.717, 1.165) is 0 Å². The summed E-state index contributed by atoms with van der Waals surface area (Å²) in [6.45, 7) is 0.521. The van der Waals surface area contributed by atoms with Crippen LogP contribution in [0.25, 0.3) is 0 Å². The minimum Gasteiger partial charge on any atom is -0.409 e. The summed E-state index contributed by atoms with van der Waals surface area (Å²) in [5.74, 6) is -0.304. The fourth-order valence-corrected chi connectivity index (χ4v) is 1.36. The van der Waals surface area contributed by atoms with Crippen molar-refractivity contribution in [3.8, 4) is 0 Å². The summed E-state index contributed by atoms with van der Waals surface area (Å²) in [4.78, 5) is 0. The van der Waals surface area contributed by atoms with Crippen LogP contribution in [-0.4, -0.2) is 17.6 Å². The summed E-state index contributed by atoms with van der Waals surface area (Å²) >= 11 is 5.61. The van der Waals surface area contributed by atoms with Crippen molar-refractivity contribution >= 4 is 23.1 Å². The highest BCUT2D eigenvalue weighted by Crippen LogP contribution is 2.21. The number of hydrogen-bond donors (Lipinski definition) is 3. The zero-order chi connectivity index (χ0) is 12.0. The Morgan fingerprint density at radius 1 is 1.56 bits per heavy atom. The van der Waals surface area contributed by atoms with Crippen molar-refractivity contribution < 1.29 is 9.60 Å². The molecule has 1 rings (SSSR count). The number of nitrogens with zero attached hydrogens (tertiary/aromatic N) is 1. The highest BCUT2D eigenvalue weighted by atomic mass is 35.5. The van der Waals surface area contributed by atoms with Crippen LogP contribution in [0.4, 0.5) is 10.1 Å². The SMILES string of the molecule is NC(CCCNc1cccc(Cl)c1F)=NO. The van der Waals surface area contributed by atoms with Crippen molar-refractivity contribution in [3.05, 3.63) is 29.0 Å². The smallest absolute Gasteiger partial charge is 0.164 e. The lowest BCUT2D eigenvalue weighted by molar-refractivity contribution is 0.316. The first-order chi connectivity index (χ1) is 7.65. The number of benzene rings is 1. The van der Waals surface area contributed by atoms with Crippen LogP contribution < -0.4 is 11.1 Å². The van der Waals surface area contributed by atoms with E-state index in [1.54, 1.807) is 12.1 Å². The number of nitrogens with one attached hydrogen (secondary N) is 1. The molecule has 0 atom stereocenters. The van der Waals surface area contributed by atoms with Crippen molar-refractivity contribution in [1.29, 1.82) is 0 Å².